The van der Waals surface area contributed by atoms with Gasteiger partial charge in [0.05, 0.1) is 5.52 Å². The van der Waals surface area contributed by atoms with E-state index in [2.05, 4.69) is 66.3 Å². The fraction of sp³-hybridized carbons (Fsp3) is 0.562. The first-order valence-corrected chi connectivity index (χ1v) is 7.59. The second-order valence-corrected chi connectivity index (χ2v) is 6.26. The Balaban J connectivity index is 2.13. The summed E-state index contributed by atoms with van der Waals surface area (Å²) in [7, 11) is 6.39. The van der Waals surface area contributed by atoms with Gasteiger partial charge < -0.3 is 14.7 Å². The normalized spacial score (nSPS) is 16.7. The average molecular weight is 287 g/mol. The molecule has 0 atom stereocenters. The first-order chi connectivity index (χ1) is 9.99. The SMILES string of the molecule is Cc1ccc2c(N(C)C)c(N3CCN(C)CC3)nn2c1C. The Kier molecular flexibility index (Phi) is 3.53. The molecule has 0 unspecified atom stereocenters. The van der Waals surface area contributed by atoms with Crippen molar-refractivity contribution in [1.29, 1.82) is 0 Å². The summed E-state index contributed by atoms with van der Waals surface area (Å²) in [6.07, 6.45) is 0. The molecule has 0 N–H and O–H groups in total. The van der Waals surface area contributed by atoms with Gasteiger partial charge >= 0.3 is 0 Å². The topological polar surface area (TPSA) is 27.0 Å². The molecule has 0 bridgehead atoms. The number of anilines is 2. The molecule has 3 heterocycles. The molecule has 1 aliphatic rings. The first kappa shape index (κ1) is 14.2. The molecule has 0 aliphatic carbocycles. The van der Waals surface area contributed by atoms with E-state index in [9.17, 15) is 0 Å². The van der Waals surface area contributed by atoms with Crippen LogP contribution in [0.15, 0.2) is 12.1 Å². The zero-order valence-electron chi connectivity index (χ0n) is 13.7. The van der Waals surface area contributed by atoms with Crippen LogP contribution in [-0.2, 0) is 0 Å². The standard InChI is InChI=1S/C16H25N5/c1-12-6-7-14-15(18(3)4)16(17-21(14)13(12)2)20-10-8-19(5)9-11-20/h6-7H,8-11H2,1-5H3. The van der Waals surface area contributed by atoms with Crippen LogP contribution in [0.25, 0.3) is 5.52 Å². The molecule has 0 aromatic carbocycles. The van der Waals surface area contributed by atoms with E-state index in [1.807, 2.05) is 0 Å². The van der Waals surface area contributed by atoms with Crippen LogP contribution in [0.1, 0.15) is 11.3 Å². The third-order valence-corrected chi connectivity index (χ3v) is 4.51. The molecule has 0 spiro atoms. The highest BCUT2D eigenvalue weighted by Gasteiger charge is 2.23. The highest BCUT2D eigenvalue weighted by atomic mass is 15.4. The van der Waals surface area contributed by atoms with E-state index in [1.165, 1.54) is 22.5 Å². The molecule has 5 heteroatoms. The van der Waals surface area contributed by atoms with Crippen molar-refractivity contribution < 1.29 is 0 Å². The quantitative estimate of drug-likeness (QED) is 0.841. The molecule has 0 radical (unpaired) electrons. The number of hydrogen-bond donors (Lipinski definition) is 0. The molecule has 2 aromatic heterocycles. The predicted octanol–water partition coefficient (Wildman–Crippen LogP) is 1.77. The van der Waals surface area contributed by atoms with Gasteiger partial charge in [-0.2, -0.15) is 0 Å². The molecule has 0 saturated carbocycles. The van der Waals surface area contributed by atoms with E-state index in [4.69, 9.17) is 5.10 Å². The van der Waals surface area contributed by atoms with Crippen molar-refractivity contribution in [3.8, 4) is 0 Å². The maximum atomic E-state index is 4.93. The van der Waals surface area contributed by atoms with Crippen LogP contribution in [0.4, 0.5) is 11.5 Å². The zero-order valence-corrected chi connectivity index (χ0v) is 13.7. The zero-order chi connectivity index (χ0) is 15.1. The van der Waals surface area contributed by atoms with Crippen LogP contribution in [0.2, 0.25) is 0 Å². The number of pyridine rings is 1. The van der Waals surface area contributed by atoms with Crippen LogP contribution >= 0.6 is 0 Å². The van der Waals surface area contributed by atoms with Gasteiger partial charge in [-0.1, -0.05) is 6.07 Å². The number of likely N-dealkylation sites (N-methyl/N-ethyl adjacent to an activating group) is 1. The van der Waals surface area contributed by atoms with Gasteiger partial charge in [-0.05, 0) is 32.5 Å². The van der Waals surface area contributed by atoms with Gasteiger partial charge in [-0.25, -0.2) is 4.52 Å². The number of fused-ring (bicyclic) bond motifs is 1. The van der Waals surface area contributed by atoms with Crippen molar-refractivity contribution in [2.24, 2.45) is 0 Å². The third kappa shape index (κ3) is 2.35. The highest BCUT2D eigenvalue weighted by molar-refractivity contribution is 5.85. The lowest BCUT2D eigenvalue weighted by Gasteiger charge is -2.33. The molecule has 21 heavy (non-hydrogen) atoms. The van der Waals surface area contributed by atoms with E-state index < -0.39 is 0 Å². The van der Waals surface area contributed by atoms with E-state index in [-0.39, 0.29) is 0 Å². The van der Waals surface area contributed by atoms with Crippen molar-refractivity contribution in [1.82, 2.24) is 14.5 Å². The van der Waals surface area contributed by atoms with Crippen molar-refractivity contribution >= 4 is 17.0 Å². The molecule has 5 nitrogen and oxygen atoms in total. The average Bonchev–Trinajstić information content (AvgIpc) is 2.84. The summed E-state index contributed by atoms with van der Waals surface area (Å²) in [5, 5.41) is 4.93. The Morgan fingerprint density at radius 2 is 1.71 bits per heavy atom. The summed E-state index contributed by atoms with van der Waals surface area (Å²) in [5.74, 6) is 1.11. The molecule has 3 rings (SSSR count). The predicted molar refractivity (Wildman–Crippen MR) is 88.7 cm³/mol. The Morgan fingerprint density at radius 1 is 1.05 bits per heavy atom. The summed E-state index contributed by atoms with van der Waals surface area (Å²) in [6, 6.07) is 4.37. The van der Waals surface area contributed by atoms with Gasteiger partial charge in [0.2, 0.25) is 0 Å². The molecule has 114 valence electrons. The second kappa shape index (κ2) is 5.22. The van der Waals surface area contributed by atoms with Crippen molar-refractivity contribution in [3.63, 3.8) is 0 Å². The highest BCUT2D eigenvalue weighted by Crippen LogP contribution is 2.33. The van der Waals surface area contributed by atoms with Gasteiger partial charge in [0.25, 0.3) is 0 Å². The van der Waals surface area contributed by atoms with Crippen molar-refractivity contribution in [2.45, 2.75) is 13.8 Å². The number of aryl methyl sites for hydroxylation is 2. The Labute approximate surface area is 126 Å². The van der Waals surface area contributed by atoms with Gasteiger partial charge in [0, 0.05) is 46.0 Å². The minimum Gasteiger partial charge on any atom is -0.373 e. The molecular weight excluding hydrogens is 262 g/mol. The molecular formula is C16H25N5. The maximum Gasteiger partial charge on any atom is 0.175 e. The molecule has 1 fully saturated rings. The van der Waals surface area contributed by atoms with E-state index in [1.54, 1.807) is 0 Å². The largest absolute Gasteiger partial charge is 0.373 e. The van der Waals surface area contributed by atoms with E-state index >= 15 is 0 Å². The number of aromatic nitrogens is 2. The first-order valence-electron chi connectivity index (χ1n) is 7.59. The summed E-state index contributed by atoms with van der Waals surface area (Å²) in [4.78, 5) is 6.97. The Hall–Kier alpha value is -1.75. The van der Waals surface area contributed by atoms with Crippen LogP contribution in [0, 0.1) is 13.8 Å². The van der Waals surface area contributed by atoms with Crippen LogP contribution < -0.4 is 9.80 Å². The molecule has 2 aromatic rings. The van der Waals surface area contributed by atoms with Crippen LogP contribution in [0.5, 0.6) is 0 Å². The Morgan fingerprint density at radius 3 is 2.33 bits per heavy atom. The van der Waals surface area contributed by atoms with Gasteiger partial charge in [0.15, 0.2) is 5.82 Å². The maximum absolute atomic E-state index is 4.93. The van der Waals surface area contributed by atoms with E-state index in [0.29, 0.717) is 0 Å². The lowest BCUT2D eigenvalue weighted by molar-refractivity contribution is 0.312. The van der Waals surface area contributed by atoms with Crippen LogP contribution in [0.3, 0.4) is 0 Å². The number of piperazine rings is 1. The third-order valence-electron chi connectivity index (χ3n) is 4.51. The van der Waals surface area contributed by atoms with Crippen LogP contribution in [-0.4, -0.2) is 61.8 Å². The minimum absolute atomic E-state index is 1.04. The van der Waals surface area contributed by atoms with Gasteiger partial charge in [-0.15, -0.1) is 5.10 Å². The summed E-state index contributed by atoms with van der Waals surface area (Å²) in [6.45, 7) is 8.56. The number of nitrogens with zero attached hydrogens (tertiary/aromatic N) is 5. The molecule has 1 aliphatic heterocycles. The molecule has 1 saturated heterocycles. The lowest BCUT2D eigenvalue weighted by Crippen LogP contribution is -2.45. The summed E-state index contributed by atoms with van der Waals surface area (Å²) >= 11 is 0. The van der Waals surface area contributed by atoms with Gasteiger partial charge in [0.1, 0.15) is 5.69 Å². The fourth-order valence-electron chi connectivity index (χ4n) is 2.97. The fourth-order valence-corrected chi connectivity index (χ4v) is 2.97. The molecule has 0 amide bonds. The van der Waals surface area contributed by atoms with Crippen molar-refractivity contribution in [2.75, 3.05) is 57.1 Å². The monoisotopic (exact) mass is 287 g/mol. The summed E-state index contributed by atoms with van der Waals surface area (Å²) < 4.78 is 2.10. The summed E-state index contributed by atoms with van der Waals surface area (Å²) in [5.41, 5.74) is 4.91. The van der Waals surface area contributed by atoms with E-state index in [0.717, 1.165) is 32.0 Å². The van der Waals surface area contributed by atoms with Crippen molar-refractivity contribution in [3.05, 3.63) is 23.4 Å². The minimum atomic E-state index is 1.04. The number of rotatable bonds is 2. The lowest BCUT2D eigenvalue weighted by atomic mass is 10.2. The number of hydrogen-bond acceptors (Lipinski definition) is 4. The second-order valence-electron chi connectivity index (χ2n) is 6.26. The Bertz CT molecular complexity index is 650. The van der Waals surface area contributed by atoms with Gasteiger partial charge in [-0.3, -0.25) is 0 Å². The smallest absolute Gasteiger partial charge is 0.175 e.